The smallest absolute Gasteiger partial charge is 0.254 e. The lowest BCUT2D eigenvalue weighted by atomic mass is 10.1. The molecule has 1 aliphatic rings. The normalized spacial score (nSPS) is 17.1. The Balaban J connectivity index is 1.44. The average Bonchev–Trinajstić information content (AvgIpc) is 3.16. The van der Waals surface area contributed by atoms with E-state index in [4.69, 9.17) is 17.3 Å². The van der Waals surface area contributed by atoms with E-state index in [1.165, 1.54) is 18.2 Å². The fourth-order valence-corrected chi connectivity index (χ4v) is 4.43. The Hall–Kier alpha value is -3.04. The summed E-state index contributed by atoms with van der Waals surface area (Å²) in [4.78, 5) is 12.9. The summed E-state index contributed by atoms with van der Waals surface area (Å²) in [5.41, 5.74) is 8.39. The Morgan fingerprint density at radius 2 is 1.91 bits per heavy atom. The van der Waals surface area contributed by atoms with Gasteiger partial charge in [0.25, 0.3) is 5.95 Å². The van der Waals surface area contributed by atoms with Crippen molar-refractivity contribution >= 4 is 29.2 Å². The highest BCUT2D eigenvalue weighted by molar-refractivity contribution is 6.29. The minimum Gasteiger partial charge on any atom is -0.383 e. The number of aromatic nitrogens is 4. The number of nitrogens with zero attached hydrogens (tertiary/aromatic N) is 6. The van der Waals surface area contributed by atoms with Crippen LogP contribution in [0.25, 0.3) is 12.0 Å². The molecule has 1 aromatic carbocycles. The van der Waals surface area contributed by atoms with Crippen molar-refractivity contribution in [1.82, 2.24) is 24.6 Å². The first-order valence-corrected chi connectivity index (χ1v) is 11.7. The van der Waals surface area contributed by atoms with E-state index < -0.39 is 11.6 Å². The summed E-state index contributed by atoms with van der Waals surface area (Å²) in [5, 5.41) is 4.74. The fourth-order valence-electron chi connectivity index (χ4n) is 4.24. The summed E-state index contributed by atoms with van der Waals surface area (Å²) in [5.74, 6) is -0.463. The van der Waals surface area contributed by atoms with Crippen molar-refractivity contribution < 1.29 is 8.78 Å². The van der Waals surface area contributed by atoms with Gasteiger partial charge in [-0.15, -0.1) is 0 Å². The molecule has 10 heteroatoms. The van der Waals surface area contributed by atoms with Crippen LogP contribution in [0.4, 0.5) is 20.3 Å². The van der Waals surface area contributed by atoms with Gasteiger partial charge in [0.2, 0.25) is 0 Å². The highest BCUT2D eigenvalue weighted by Gasteiger charge is 2.23. The molecule has 2 N–H and O–H groups in total. The van der Waals surface area contributed by atoms with Crippen LogP contribution in [0.1, 0.15) is 31.5 Å². The van der Waals surface area contributed by atoms with Gasteiger partial charge in [-0.1, -0.05) is 37.1 Å². The molecule has 0 saturated carbocycles. The van der Waals surface area contributed by atoms with Crippen molar-refractivity contribution in [2.75, 3.05) is 36.8 Å². The van der Waals surface area contributed by atoms with Crippen LogP contribution in [0.3, 0.4) is 0 Å². The first-order chi connectivity index (χ1) is 16.3. The summed E-state index contributed by atoms with van der Waals surface area (Å²) in [6.07, 6.45) is 7.70. The van der Waals surface area contributed by atoms with Gasteiger partial charge in [-0.05, 0) is 25.5 Å². The molecular formula is C24H28ClF2N7. The summed E-state index contributed by atoms with van der Waals surface area (Å²) < 4.78 is 28.9. The third-order valence-electron chi connectivity index (χ3n) is 5.90. The van der Waals surface area contributed by atoms with Gasteiger partial charge in [-0.25, -0.2) is 13.5 Å². The number of hydrogen-bond donors (Lipinski definition) is 1. The maximum absolute atomic E-state index is 13.6. The van der Waals surface area contributed by atoms with E-state index >= 15 is 0 Å². The molecule has 2 aromatic heterocycles. The maximum atomic E-state index is 13.6. The zero-order chi connectivity index (χ0) is 24.2. The van der Waals surface area contributed by atoms with Crippen molar-refractivity contribution in [2.24, 2.45) is 0 Å². The van der Waals surface area contributed by atoms with Crippen LogP contribution in [0.15, 0.2) is 36.5 Å². The average molecular weight is 488 g/mol. The number of halogens is 3. The Morgan fingerprint density at radius 3 is 2.59 bits per heavy atom. The second kappa shape index (κ2) is 10.5. The lowest BCUT2D eigenvalue weighted by Gasteiger charge is -2.40. The van der Waals surface area contributed by atoms with Crippen molar-refractivity contribution in [2.45, 2.75) is 32.7 Å². The van der Waals surface area contributed by atoms with E-state index in [9.17, 15) is 8.78 Å². The molecule has 3 aromatic rings. The quantitative estimate of drug-likeness (QED) is 0.499. The van der Waals surface area contributed by atoms with Crippen molar-refractivity contribution in [3.63, 3.8) is 0 Å². The second-order valence-corrected chi connectivity index (χ2v) is 8.83. The highest BCUT2D eigenvalue weighted by atomic mass is 35.5. The molecule has 180 valence electrons. The molecule has 0 unspecified atom stereocenters. The van der Waals surface area contributed by atoms with Gasteiger partial charge in [0.1, 0.15) is 22.6 Å². The van der Waals surface area contributed by atoms with Crippen LogP contribution in [-0.2, 0) is 6.42 Å². The SMILES string of the molecule is CCCc1c(/C=C/CN2CCN(c3cc(F)cc(F)c3)C[C@H]2C)cnn1-c1nc(N)cc(Cl)n1. The van der Waals surface area contributed by atoms with Crippen LogP contribution >= 0.6 is 11.6 Å². The van der Waals surface area contributed by atoms with Crippen LogP contribution < -0.4 is 10.6 Å². The Bertz CT molecular complexity index is 1140. The maximum Gasteiger partial charge on any atom is 0.254 e. The van der Waals surface area contributed by atoms with E-state index in [1.54, 1.807) is 10.9 Å². The Morgan fingerprint density at radius 1 is 1.15 bits per heavy atom. The largest absolute Gasteiger partial charge is 0.383 e. The number of benzene rings is 1. The van der Waals surface area contributed by atoms with Gasteiger partial charge < -0.3 is 10.6 Å². The minimum absolute atomic E-state index is 0.227. The van der Waals surface area contributed by atoms with Gasteiger partial charge in [-0.2, -0.15) is 15.1 Å². The van der Waals surface area contributed by atoms with Gasteiger partial charge in [-0.3, -0.25) is 4.90 Å². The zero-order valence-corrected chi connectivity index (χ0v) is 20.0. The van der Waals surface area contributed by atoms with Gasteiger partial charge in [0, 0.05) is 55.6 Å². The third-order valence-corrected chi connectivity index (χ3v) is 6.09. The van der Waals surface area contributed by atoms with Crippen LogP contribution in [0.2, 0.25) is 5.15 Å². The first-order valence-electron chi connectivity index (χ1n) is 11.3. The van der Waals surface area contributed by atoms with Crippen molar-refractivity contribution in [3.05, 3.63) is 64.6 Å². The number of hydrogen-bond acceptors (Lipinski definition) is 6. The lowest BCUT2D eigenvalue weighted by molar-refractivity contribution is 0.210. The van der Waals surface area contributed by atoms with E-state index in [2.05, 4.69) is 46.0 Å². The van der Waals surface area contributed by atoms with E-state index in [-0.39, 0.29) is 11.2 Å². The second-order valence-electron chi connectivity index (χ2n) is 8.44. The lowest BCUT2D eigenvalue weighted by Crippen LogP contribution is -2.51. The van der Waals surface area contributed by atoms with Gasteiger partial charge >= 0.3 is 0 Å². The molecular weight excluding hydrogens is 460 g/mol. The molecule has 0 spiro atoms. The molecule has 3 heterocycles. The molecule has 0 radical (unpaired) electrons. The van der Waals surface area contributed by atoms with E-state index in [0.717, 1.165) is 43.3 Å². The molecule has 0 amide bonds. The standard InChI is InChI=1S/C24H28ClF2N7/c1-3-5-21-17(14-29-34(21)24-30-22(25)13-23(28)31-24)6-4-7-32-8-9-33(15-16(32)2)20-11-18(26)10-19(27)12-20/h4,6,10-14,16H,3,5,7-9,15H2,1-2H3,(H2,28,30,31)/b6-4+/t16-/m1/s1. The molecule has 0 bridgehead atoms. The van der Waals surface area contributed by atoms with Crippen molar-refractivity contribution in [1.29, 1.82) is 0 Å². The number of piperazine rings is 1. The van der Waals surface area contributed by atoms with Gasteiger partial charge in [0.05, 0.1) is 11.9 Å². The molecule has 0 aliphatic carbocycles. The fraction of sp³-hybridized carbons (Fsp3) is 0.375. The summed E-state index contributed by atoms with van der Waals surface area (Å²) in [6, 6.07) is 5.40. The van der Waals surface area contributed by atoms with Crippen LogP contribution in [-0.4, -0.2) is 56.9 Å². The predicted octanol–water partition coefficient (Wildman–Crippen LogP) is 4.35. The van der Waals surface area contributed by atoms with Crippen molar-refractivity contribution in [3.8, 4) is 5.95 Å². The third kappa shape index (κ3) is 5.53. The van der Waals surface area contributed by atoms with Crippen LogP contribution in [0, 0.1) is 11.6 Å². The summed E-state index contributed by atoms with van der Waals surface area (Å²) in [7, 11) is 0. The number of rotatable bonds is 7. The first kappa shape index (κ1) is 24.1. The predicted molar refractivity (Wildman–Crippen MR) is 131 cm³/mol. The zero-order valence-electron chi connectivity index (χ0n) is 19.3. The number of nitrogens with two attached hydrogens (primary N) is 1. The van der Waals surface area contributed by atoms with Gasteiger partial charge in [0.15, 0.2) is 0 Å². The molecule has 4 rings (SSSR count). The van der Waals surface area contributed by atoms with E-state index in [0.29, 0.717) is 30.5 Å². The Labute approximate surface area is 202 Å². The molecule has 7 nitrogen and oxygen atoms in total. The Kier molecular flexibility index (Phi) is 7.43. The molecule has 34 heavy (non-hydrogen) atoms. The monoisotopic (exact) mass is 487 g/mol. The topological polar surface area (TPSA) is 76.1 Å². The summed E-state index contributed by atoms with van der Waals surface area (Å²) in [6.45, 7) is 7.17. The van der Waals surface area contributed by atoms with E-state index in [1.807, 2.05) is 4.90 Å². The number of nitrogen functional groups attached to an aromatic ring is 1. The summed E-state index contributed by atoms with van der Waals surface area (Å²) >= 11 is 6.05. The highest BCUT2D eigenvalue weighted by Crippen LogP contribution is 2.22. The molecule has 1 aliphatic heterocycles. The minimum atomic E-state index is -0.553. The number of anilines is 2. The molecule has 1 fully saturated rings. The molecule has 1 saturated heterocycles. The van der Waals surface area contributed by atoms with Crippen LogP contribution in [0.5, 0.6) is 0 Å². The molecule has 1 atom stereocenters.